The maximum atomic E-state index is 5.30. The summed E-state index contributed by atoms with van der Waals surface area (Å²) in [5, 5.41) is 5.65. The molecule has 0 amide bonds. The molecule has 0 radical (unpaired) electrons. The molecule has 92 valence electrons. The molecule has 0 bridgehead atoms. The molecule has 1 rings (SSSR count). The molecule has 1 N–H and O–H groups in total. The summed E-state index contributed by atoms with van der Waals surface area (Å²) >= 11 is 5.36. The minimum atomic E-state index is 0.432. The van der Waals surface area contributed by atoms with Crippen molar-refractivity contribution in [3.63, 3.8) is 0 Å². The minimum absolute atomic E-state index is 0.432. The van der Waals surface area contributed by atoms with Gasteiger partial charge in [0.05, 0.1) is 0 Å². The van der Waals surface area contributed by atoms with Crippen LogP contribution in [0.3, 0.4) is 0 Å². The summed E-state index contributed by atoms with van der Waals surface area (Å²) in [6.07, 6.45) is 2.31. The van der Waals surface area contributed by atoms with Crippen LogP contribution in [-0.2, 0) is 4.74 Å². The van der Waals surface area contributed by atoms with E-state index in [1.807, 2.05) is 6.92 Å². The van der Waals surface area contributed by atoms with Gasteiger partial charge in [-0.1, -0.05) is 0 Å². The van der Waals surface area contributed by atoms with E-state index in [2.05, 4.69) is 39.6 Å². The van der Waals surface area contributed by atoms with Gasteiger partial charge in [-0.3, -0.25) is 0 Å². The van der Waals surface area contributed by atoms with Gasteiger partial charge in [-0.25, -0.2) is 0 Å². The number of hydrogen-bond donors (Lipinski definition) is 1. The smallest absolute Gasteiger partial charge is 0.0466 e. The van der Waals surface area contributed by atoms with E-state index < -0.39 is 0 Å². The molecule has 0 saturated heterocycles. The second-order valence-corrected chi connectivity index (χ2v) is 5.51. The van der Waals surface area contributed by atoms with Crippen LogP contribution >= 0.6 is 27.3 Å². The van der Waals surface area contributed by atoms with Crippen LogP contribution in [0.15, 0.2) is 15.9 Å². The topological polar surface area (TPSA) is 21.3 Å². The van der Waals surface area contributed by atoms with Gasteiger partial charge in [0.15, 0.2) is 0 Å². The summed E-state index contributed by atoms with van der Waals surface area (Å²) in [4.78, 5) is 1.38. The third-order valence-electron chi connectivity index (χ3n) is 2.41. The van der Waals surface area contributed by atoms with E-state index in [0.29, 0.717) is 6.04 Å². The van der Waals surface area contributed by atoms with Gasteiger partial charge in [0.2, 0.25) is 0 Å². The van der Waals surface area contributed by atoms with Gasteiger partial charge in [0.1, 0.15) is 0 Å². The van der Waals surface area contributed by atoms with Crippen molar-refractivity contribution in [2.45, 2.75) is 32.7 Å². The maximum absolute atomic E-state index is 5.30. The molecule has 1 unspecified atom stereocenters. The second-order valence-electron chi connectivity index (χ2n) is 3.71. The highest BCUT2D eigenvalue weighted by atomic mass is 79.9. The van der Waals surface area contributed by atoms with Crippen LogP contribution in [0, 0.1) is 0 Å². The van der Waals surface area contributed by atoms with Crippen molar-refractivity contribution in [3.8, 4) is 0 Å². The number of thiophene rings is 1. The van der Waals surface area contributed by atoms with E-state index in [9.17, 15) is 0 Å². The molecule has 1 atom stereocenters. The van der Waals surface area contributed by atoms with Gasteiger partial charge in [0, 0.05) is 28.6 Å². The molecule has 0 aromatic carbocycles. The van der Waals surface area contributed by atoms with Gasteiger partial charge in [-0.05, 0) is 60.6 Å². The lowest BCUT2D eigenvalue weighted by molar-refractivity contribution is 0.143. The number of unbranched alkanes of at least 4 members (excludes halogenated alkanes) is 1. The van der Waals surface area contributed by atoms with Crippen molar-refractivity contribution in [2.24, 2.45) is 0 Å². The first-order chi connectivity index (χ1) is 7.75. The van der Waals surface area contributed by atoms with Crippen LogP contribution in [0.25, 0.3) is 0 Å². The molecule has 0 aliphatic carbocycles. The first-order valence-corrected chi connectivity index (χ1v) is 7.47. The maximum Gasteiger partial charge on any atom is 0.0466 e. The largest absolute Gasteiger partial charge is 0.382 e. The van der Waals surface area contributed by atoms with Crippen molar-refractivity contribution >= 4 is 27.3 Å². The highest BCUT2D eigenvalue weighted by molar-refractivity contribution is 9.10. The number of ether oxygens (including phenoxy) is 1. The van der Waals surface area contributed by atoms with E-state index in [0.717, 1.165) is 26.2 Å². The molecule has 4 heteroatoms. The van der Waals surface area contributed by atoms with Crippen molar-refractivity contribution in [3.05, 3.63) is 20.8 Å². The monoisotopic (exact) mass is 305 g/mol. The molecule has 0 fully saturated rings. The molecule has 0 spiro atoms. The molecule has 0 aliphatic heterocycles. The molecule has 1 heterocycles. The highest BCUT2D eigenvalue weighted by Gasteiger charge is 2.09. The number of nitrogens with one attached hydrogen (secondary N) is 1. The van der Waals surface area contributed by atoms with Crippen LogP contribution in [0.5, 0.6) is 0 Å². The standard InChI is InChI=1S/C12H20BrNOS/c1-3-15-8-5-4-7-14-10(2)12-11(13)6-9-16-12/h6,9-10,14H,3-5,7-8H2,1-2H3. The molecule has 1 aromatic rings. The van der Waals surface area contributed by atoms with Crippen molar-refractivity contribution in [1.29, 1.82) is 0 Å². The van der Waals surface area contributed by atoms with Gasteiger partial charge in [0.25, 0.3) is 0 Å². The Labute approximate surface area is 111 Å². The number of hydrogen-bond acceptors (Lipinski definition) is 3. The van der Waals surface area contributed by atoms with Gasteiger partial charge >= 0.3 is 0 Å². The zero-order valence-electron chi connectivity index (χ0n) is 9.96. The van der Waals surface area contributed by atoms with Gasteiger partial charge < -0.3 is 10.1 Å². The fraction of sp³-hybridized carbons (Fsp3) is 0.667. The highest BCUT2D eigenvalue weighted by Crippen LogP contribution is 2.28. The summed E-state index contributed by atoms with van der Waals surface area (Å²) in [5.74, 6) is 0. The van der Waals surface area contributed by atoms with Crippen LogP contribution < -0.4 is 5.32 Å². The SMILES string of the molecule is CCOCCCCNC(C)c1sccc1Br. The lowest BCUT2D eigenvalue weighted by Crippen LogP contribution is -2.19. The van der Waals surface area contributed by atoms with E-state index in [-0.39, 0.29) is 0 Å². The zero-order chi connectivity index (χ0) is 11.8. The quantitative estimate of drug-likeness (QED) is 0.734. The van der Waals surface area contributed by atoms with Crippen LogP contribution in [0.4, 0.5) is 0 Å². The first kappa shape index (κ1) is 14.2. The number of halogens is 1. The third kappa shape index (κ3) is 4.95. The van der Waals surface area contributed by atoms with E-state index in [4.69, 9.17) is 4.74 Å². The van der Waals surface area contributed by atoms with Crippen molar-refractivity contribution in [1.82, 2.24) is 5.32 Å². The number of rotatable bonds is 8. The first-order valence-electron chi connectivity index (χ1n) is 5.79. The molecule has 0 aliphatic rings. The summed E-state index contributed by atoms with van der Waals surface area (Å²) in [6, 6.07) is 2.54. The Morgan fingerprint density at radius 2 is 2.31 bits per heavy atom. The van der Waals surface area contributed by atoms with Crippen LogP contribution in [0.2, 0.25) is 0 Å². The summed E-state index contributed by atoms with van der Waals surface area (Å²) in [6.45, 7) is 7.01. The minimum Gasteiger partial charge on any atom is -0.382 e. The Balaban J connectivity index is 2.11. The third-order valence-corrected chi connectivity index (χ3v) is 4.46. The Morgan fingerprint density at radius 3 is 2.94 bits per heavy atom. The van der Waals surface area contributed by atoms with E-state index in [1.54, 1.807) is 11.3 Å². The Bertz CT molecular complexity index is 290. The van der Waals surface area contributed by atoms with Gasteiger partial charge in [-0.15, -0.1) is 11.3 Å². The molecular formula is C12H20BrNOS. The Morgan fingerprint density at radius 1 is 1.50 bits per heavy atom. The normalized spacial score (nSPS) is 12.9. The summed E-state index contributed by atoms with van der Waals surface area (Å²) in [7, 11) is 0. The molecule has 16 heavy (non-hydrogen) atoms. The summed E-state index contributed by atoms with van der Waals surface area (Å²) < 4.78 is 6.51. The molecule has 1 aromatic heterocycles. The average Bonchev–Trinajstić information content (AvgIpc) is 2.69. The average molecular weight is 306 g/mol. The fourth-order valence-electron chi connectivity index (χ4n) is 1.50. The lowest BCUT2D eigenvalue weighted by atomic mass is 10.2. The van der Waals surface area contributed by atoms with Crippen molar-refractivity contribution in [2.75, 3.05) is 19.8 Å². The zero-order valence-corrected chi connectivity index (χ0v) is 12.4. The second kappa shape index (κ2) is 8.23. The van der Waals surface area contributed by atoms with Gasteiger partial charge in [-0.2, -0.15) is 0 Å². The molecular weight excluding hydrogens is 286 g/mol. The predicted molar refractivity (Wildman–Crippen MR) is 74.2 cm³/mol. The van der Waals surface area contributed by atoms with Crippen molar-refractivity contribution < 1.29 is 4.74 Å². The Hall–Kier alpha value is 0.100. The Kier molecular flexibility index (Phi) is 7.28. The van der Waals surface area contributed by atoms with Crippen LogP contribution in [0.1, 0.15) is 37.6 Å². The molecule has 0 saturated carbocycles. The predicted octanol–water partition coefficient (Wildman–Crippen LogP) is 3.98. The van der Waals surface area contributed by atoms with Crippen LogP contribution in [-0.4, -0.2) is 19.8 Å². The fourth-order valence-corrected chi connectivity index (χ4v) is 3.25. The summed E-state index contributed by atoms with van der Waals surface area (Å²) in [5.41, 5.74) is 0. The molecule has 2 nitrogen and oxygen atoms in total. The van der Waals surface area contributed by atoms with E-state index >= 15 is 0 Å². The lowest BCUT2D eigenvalue weighted by Gasteiger charge is -2.12. The van der Waals surface area contributed by atoms with E-state index in [1.165, 1.54) is 15.8 Å².